The zero-order valence-electron chi connectivity index (χ0n) is 15.3. The first-order valence-electron chi connectivity index (χ1n) is 8.55. The van der Waals surface area contributed by atoms with E-state index in [0.29, 0.717) is 6.54 Å². The van der Waals surface area contributed by atoms with Gasteiger partial charge in [0.05, 0.1) is 13.6 Å². The van der Waals surface area contributed by atoms with Crippen molar-refractivity contribution in [2.45, 2.75) is 26.4 Å². The van der Waals surface area contributed by atoms with Crippen molar-refractivity contribution in [3.63, 3.8) is 0 Å². The van der Waals surface area contributed by atoms with Gasteiger partial charge >= 0.3 is 0 Å². The Kier molecular flexibility index (Phi) is 7.41. The van der Waals surface area contributed by atoms with Gasteiger partial charge in [0, 0.05) is 16.1 Å². The molecule has 6 nitrogen and oxygen atoms in total. The Morgan fingerprint density at radius 1 is 1.12 bits per heavy atom. The number of amides is 2. The van der Waals surface area contributed by atoms with Crippen molar-refractivity contribution < 1.29 is 18.9 Å². The normalized spacial score (nSPS) is 12.0. The molecule has 2 aromatic rings. The third kappa shape index (κ3) is 6.65. The molecule has 0 fully saturated rings. The number of rotatable bonds is 8. The summed E-state index contributed by atoms with van der Waals surface area (Å²) in [5.41, 5.74) is 1.01. The molecule has 2 rings (SSSR count). The molecule has 0 bridgehead atoms. The topological polar surface area (TPSA) is 75.8 Å². The van der Waals surface area contributed by atoms with Gasteiger partial charge < -0.3 is 20.0 Å². The van der Waals surface area contributed by atoms with E-state index in [9.17, 15) is 9.59 Å². The van der Waals surface area contributed by atoms with Crippen molar-refractivity contribution in [1.82, 2.24) is 10.6 Å². The van der Waals surface area contributed by atoms with Crippen molar-refractivity contribution in [3.8, 4) is 11.3 Å². The molecule has 140 valence electrons. The third-order valence-electron chi connectivity index (χ3n) is 3.62. The summed E-state index contributed by atoms with van der Waals surface area (Å²) < 4.78 is 6.89. The predicted molar refractivity (Wildman–Crippen MR) is 104 cm³/mol. The molecular weight excluding hydrogens is 398 g/mol. The number of benzene rings is 1. The molecule has 7 heteroatoms. The summed E-state index contributed by atoms with van der Waals surface area (Å²) >= 11 is 3.42. The summed E-state index contributed by atoms with van der Waals surface area (Å²) in [6.45, 7) is 4.61. The van der Waals surface area contributed by atoms with E-state index in [-0.39, 0.29) is 30.9 Å². The van der Waals surface area contributed by atoms with Crippen LogP contribution >= 0.6 is 15.9 Å². The number of nitrogens with one attached hydrogen (secondary N) is 3. The number of carbonyl (C=O) groups excluding carboxylic acids is 2. The van der Waals surface area contributed by atoms with Crippen LogP contribution in [0.25, 0.3) is 11.3 Å². The highest BCUT2D eigenvalue weighted by molar-refractivity contribution is 9.10. The van der Waals surface area contributed by atoms with E-state index in [4.69, 9.17) is 4.42 Å². The van der Waals surface area contributed by atoms with Crippen molar-refractivity contribution in [1.29, 1.82) is 0 Å². The van der Waals surface area contributed by atoms with Crippen LogP contribution < -0.4 is 15.5 Å². The van der Waals surface area contributed by atoms with Crippen LogP contribution in [0.3, 0.4) is 0 Å². The molecule has 1 heterocycles. The molecule has 1 atom stereocenters. The molecule has 2 amide bonds. The highest BCUT2D eigenvalue weighted by Gasteiger charge is 2.14. The molecule has 26 heavy (non-hydrogen) atoms. The Balaban J connectivity index is 1.80. The second-order valence-electron chi connectivity index (χ2n) is 6.58. The van der Waals surface area contributed by atoms with Crippen molar-refractivity contribution >= 4 is 27.7 Å². The van der Waals surface area contributed by atoms with E-state index in [1.165, 1.54) is 0 Å². The number of quaternary nitrogens is 1. The van der Waals surface area contributed by atoms with Crippen molar-refractivity contribution in [2.24, 2.45) is 0 Å². The summed E-state index contributed by atoms with van der Waals surface area (Å²) in [6, 6.07) is 11.8. The highest BCUT2D eigenvalue weighted by atomic mass is 79.9. The van der Waals surface area contributed by atoms with Crippen LogP contribution in [0.5, 0.6) is 0 Å². The first kappa shape index (κ1) is 20.2. The van der Waals surface area contributed by atoms with Crippen LogP contribution in [0.2, 0.25) is 0 Å². The summed E-state index contributed by atoms with van der Waals surface area (Å²) in [7, 11) is 1.91. The van der Waals surface area contributed by atoms with Crippen LogP contribution in [0.4, 0.5) is 0 Å². The lowest BCUT2D eigenvalue weighted by Gasteiger charge is -2.13. The van der Waals surface area contributed by atoms with Gasteiger partial charge in [-0.05, 0) is 38.1 Å². The molecule has 0 aliphatic heterocycles. The number of halogens is 1. The number of furan rings is 1. The molecule has 0 saturated carbocycles. The molecular formula is C19H25BrN3O3+. The van der Waals surface area contributed by atoms with E-state index in [0.717, 1.165) is 26.5 Å². The number of likely N-dealkylation sites (N-methyl/N-ethyl adjacent to an activating group) is 1. The average Bonchev–Trinajstić information content (AvgIpc) is 3.01. The SMILES string of the molecule is CC(C)NC(=O)CNC(=O)C[NH+](C)Cc1ccc(-c2ccc(Br)cc2)o1. The van der Waals surface area contributed by atoms with Crippen molar-refractivity contribution in [2.75, 3.05) is 20.1 Å². The van der Waals surface area contributed by atoms with Gasteiger partial charge in [-0.15, -0.1) is 0 Å². The van der Waals surface area contributed by atoms with E-state index in [1.54, 1.807) is 0 Å². The Hall–Kier alpha value is -2.12. The monoisotopic (exact) mass is 422 g/mol. The molecule has 0 aliphatic carbocycles. The molecule has 0 spiro atoms. The molecule has 1 aromatic heterocycles. The summed E-state index contributed by atoms with van der Waals surface area (Å²) in [6.07, 6.45) is 0. The summed E-state index contributed by atoms with van der Waals surface area (Å²) in [5, 5.41) is 5.37. The molecule has 1 aromatic carbocycles. The minimum atomic E-state index is -0.184. The second kappa shape index (κ2) is 9.54. The van der Waals surface area contributed by atoms with Gasteiger partial charge in [-0.2, -0.15) is 0 Å². The first-order valence-corrected chi connectivity index (χ1v) is 9.35. The average molecular weight is 423 g/mol. The Labute approximate surface area is 162 Å². The van der Waals surface area contributed by atoms with Crippen LogP contribution in [-0.2, 0) is 16.1 Å². The highest BCUT2D eigenvalue weighted by Crippen LogP contribution is 2.23. The van der Waals surface area contributed by atoms with Gasteiger partial charge in [0.25, 0.3) is 5.91 Å². The molecule has 0 aliphatic rings. The Morgan fingerprint density at radius 3 is 2.46 bits per heavy atom. The van der Waals surface area contributed by atoms with Crippen LogP contribution in [0.15, 0.2) is 45.3 Å². The van der Waals surface area contributed by atoms with E-state index in [1.807, 2.05) is 57.3 Å². The van der Waals surface area contributed by atoms with Crippen LogP contribution in [-0.4, -0.2) is 38.0 Å². The fraction of sp³-hybridized carbons (Fsp3) is 0.368. The first-order chi connectivity index (χ1) is 12.3. The standard InChI is InChI=1S/C19H24BrN3O3/c1-13(2)22-18(24)10-21-19(25)12-23(3)11-16-8-9-17(26-16)14-4-6-15(20)7-5-14/h4-9,13H,10-12H2,1-3H3,(H,21,25)(H,22,24)/p+1. The lowest BCUT2D eigenvalue weighted by Crippen LogP contribution is -3.08. The Morgan fingerprint density at radius 2 is 1.81 bits per heavy atom. The van der Waals surface area contributed by atoms with Gasteiger partial charge in [-0.1, -0.05) is 28.1 Å². The van der Waals surface area contributed by atoms with E-state index < -0.39 is 0 Å². The lowest BCUT2D eigenvalue weighted by molar-refractivity contribution is -0.886. The Bertz CT molecular complexity index is 741. The smallest absolute Gasteiger partial charge is 0.275 e. The van der Waals surface area contributed by atoms with Gasteiger partial charge in [-0.25, -0.2) is 0 Å². The van der Waals surface area contributed by atoms with Crippen molar-refractivity contribution in [3.05, 3.63) is 46.6 Å². The van der Waals surface area contributed by atoms with Gasteiger partial charge in [-0.3, -0.25) is 9.59 Å². The summed E-state index contributed by atoms with van der Waals surface area (Å²) in [5.74, 6) is 1.26. The van der Waals surface area contributed by atoms with Gasteiger partial charge in [0.15, 0.2) is 12.3 Å². The largest absolute Gasteiger partial charge is 0.455 e. The minimum Gasteiger partial charge on any atom is -0.455 e. The maximum Gasteiger partial charge on any atom is 0.275 e. The van der Waals surface area contributed by atoms with Gasteiger partial charge in [0.1, 0.15) is 12.3 Å². The molecule has 1 unspecified atom stereocenters. The van der Waals surface area contributed by atoms with E-state index in [2.05, 4.69) is 26.6 Å². The fourth-order valence-electron chi connectivity index (χ4n) is 2.49. The number of hydrogen-bond acceptors (Lipinski definition) is 3. The van der Waals surface area contributed by atoms with Crippen LogP contribution in [0.1, 0.15) is 19.6 Å². The summed E-state index contributed by atoms with van der Waals surface area (Å²) in [4.78, 5) is 24.5. The van der Waals surface area contributed by atoms with E-state index >= 15 is 0 Å². The van der Waals surface area contributed by atoms with Gasteiger partial charge in [0.2, 0.25) is 5.91 Å². The zero-order chi connectivity index (χ0) is 19.1. The number of hydrogen-bond donors (Lipinski definition) is 3. The molecule has 0 radical (unpaired) electrons. The molecule has 0 saturated heterocycles. The lowest BCUT2D eigenvalue weighted by atomic mass is 10.2. The number of carbonyl (C=O) groups is 2. The molecule has 3 N–H and O–H groups in total. The second-order valence-corrected chi connectivity index (χ2v) is 7.50. The quantitative estimate of drug-likeness (QED) is 0.601. The fourth-order valence-corrected chi connectivity index (χ4v) is 2.75. The van der Waals surface area contributed by atoms with Crippen LogP contribution in [0, 0.1) is 0 Å². The maximum atomic E-state index is 11.9. The third-order valence-corrected chi connectivity index (χ3v) is 4.15. The minimum absolute atomic E-state index is 0.00123. The zero-order valence-corrected chi connectivity index (χ0v) is 16.9. The maximum absolute atomic E-state index is 11.9. The predicted octanol–water partition coefficient (Wildman–Crippen LogP) is 1.36.